The van der Waals surface area contributed by atoms with Crippen molar-refractivity contribution in [1.29, 1.82) is 0 Å². The molecule has 2 unspecified atom stereocenters. The van der Waals surface area contributed by atoms with Gasteiger partial charge in [-0.15, -0.1) is 0 Å². The number of hydrogen-bond donors (Lipinski definition) is 3. The summed E-state index contributed by atoms with van der Waals surface area (Å²) < 4.78 is 75.2. The standard InChI is InChI=1S/C25H33N7O14P2S/c1-12(2)42-25(35)39-11-49-48(38)41-8-16-20(13(3)23(44-16)32-10-29-19-21(26)27-9-28-22(19)32)46-47(36,37)40-7-15-14(45-48)6-18(43-15)31-5-4-17(33)30-24(31)34/h4-5,9-10,12-16,18,20,23H,6-8,11H2,1-3H3,(H,36,37)(H2,26,27,28)(H,30,33,34)/t13-,14+,15-,16-,18-,20+,23-,48?/m1/s1. The van der Waals surface area contributed by atoms with Crippen molar-refractivity contribution in [2.75, 3.05) is 24.9 Å². The highest BCUT2D eigenvalue weighted by atomic mass is 32.7. The lowest BCUT2D eigenvalue weighted by Gasteiger charge is -2.29. The molecule has 0 saturated carbocycles. The second-order valence-corrected chi connectivity index (χ2v) is 16.8. The number of phosphoric ester groups is 1. The summed E-state index contributed by atoms with van der Waals surface area (Å²) >= 11 is 0.523. The number of hydrogen-bond acceptors (Lipinski definition) is 18. The molecule has 49 heavy (non-hydrogen) atoms. The van der Waals surface area contributed by atoms with Crippen LogP contribution in [0.15, 0.2) is 34.5 Å². The number of H-pyrrole nitrogens is 1. The third kappa shape index (κ3) is 7.93. The van der Waals surface area contributed by atoms with Crippen molar-refractivity contribution in [3.63, 3.8) is 0 Å². The highest BCUT2D eigenvalue weighted by Crippen LogP contribution is 2.64. The van der Waals surface area contributed by atoms with E-state index in [2.05, 4.69) is 19.9 Å². The number of phosphoric acid groups is 1. The maximum absolute atomic E-state index is 14.3. The second-order valence-electron chi connectivity index (χ2n) is 11.4. The summed E-state index contributed by atoms with van der Waals surface area (Å²) in [5.41, 5.74) is 5.12. The Labute approximate surface area is 280 Å². The molecular formula is C25H33N7O14P2S. The summed E-state index contributed by atoms with van der Waals surface area (Å²) in [6, 6.07) is 1.10. The summed E-state index contributed by atoms with van der Waals surface area (Å²) in [5, 5.41) is 0. The van der Waals surface area contributed by atoms with Crippen LogP contribution < -0.4 is 17.0 Å². The number of carbonyl (C=O) groups is 1. The predicted molar refractivity (Wildman–Crippen MR) is 167 cm³/mol. The van der Waals surface area contributed by atoms with Crippen molar-refractivity contribution in [3.05, 3.63) is 45.8 Å². The minimum atomic E-state index is -4.84. The zero-order chi connectivity index (χ0) is 35.1. The minimum absolute atomic E-state index is 0.128. The van der Waals surface area contributed by atoms with Gasteiger partial charge in [0, 0.05) is 36.0 Å². The van der Waals surface area contributed by atoms with Gasteiger partial charge in [-0.2, -0.15) is 0 Å². The molecule has 268 valence electrons. The molecule has 3 saturated heterocycles. The fourth-order valence-electron chi connectivity index (χ4n) is 5.49. The van der Waals surface area contributed by atoms with Gasteiger partial charge >= 0.3 is 26.5 Å². The van der Waals surface area contributed by atoms with Gasteiger partial charge in [0.2, 0.25) is 0 Å². The number of nitrogens with two attached hydrogens (primary N) is 1. The number of anilines is 1. The summed E-state index contributed by atoms with van der Waals surface area (Å²) in [4.78, 5) is 61.5. The monoisotopic (exact) mass is 749 g/mol. The number of nitrogen functional groups attached to an aromatic ring is 1. The highest BCUT2D eigenvalue weighted by molar-refractivity contribution is 8.55. The van der Waals surface area contributed by atoms with Crippen LogP contribution in [-0.2, 0) is 46.2 Å². The van der Waals surface area contributed by atoms with Crippen LogP contribution in [0.1, 0.15) is 39.6 Å². The van der Waals surface area contributed by atoms with E-state index in [-0.39, 0.29) is 12.2 Å². The second kappa shape index (κ2) is 14.2. The Morgan fingerprint density at radius 3 is 2.65 bits per heavy atom. The van der Waals surface area contributed by atoms with Crippen molar-refractivity contribution in [3.8, 4) is 0 Å². The molecule has 24 heteroatoms. The number of fused-ring (bicyclic) bond motifs is 3. The van der Waals surface area contributed by atoms with Crippen LogP contribution in [0.2, 0.25) is 0 Å². The molecule has 0 aliphatic carbocycles. The first-order valence-electron chi connectivity index (χ1n) is 14.8. The quantitative estimate of drug-likeness (QED) is 0.185. The van der Waals surface area contributed by atoms with Gasteiger partial charge in [-0.05, 0) is 13.8 Å². The Morgan fingerprint density at radius 1 is 1.12 bits per heavy atom. The lowest BCUT2D eigenvalue weighted by Crippen LogP contribution is -2.34. The van der Waals surface area contributed by atoms with Crippen LogP contribution >= 0.6 is 26.0 Å². The fraction of sp³-hybridized carbons (Fsp3) is 0.600. The molecule has 3 aromatic heterocycles. The van der Waals surface area contributed by atoms with Gasteiger partial charge in [-0.1, -0.05) is 6.92 Å². The lowest BCUT2D eigenvalue weighted by atomic mass is 10.0. The van der Waals surface area contributed by atoms with Crippen molar-refractivity contribution < 1.29 is 55.9 Å². The average Bonchev–Trinajstić information content (AvgIpc) is 3.70. The zero-order valence-corrected chi connectivity index (χ0v) is 28.7. The molecule has 3 aliphatic heterocycles. The molecule has 3 fully saturated rings. The number of nitrogens with zero attached hydrogens (tertiary/aromatic N) is 5. The van der Waals surface area contributed by atoms with E-state index in [9.17, 15) is 28.4 Å². The van der Waals surface area contributed by atoms with Crippen LogP contribution in [0, 0.1) is 5.92 Å². The molecule has 0 radical (unpaired) electrons. The largest absolute Gasteiger partial charge is 0.509 e. The smallest absolute Gasteiger partial charge is 0.432 e. The molecule has 6 rings (SSSR count). The maximum atomic E-state index is 14.3. The molecule has 0 aromatic carbocycles. The molecule has 3 aliphatic rings. The number of ether oxygens (including phenoxy) is 4. The van der Waals surface area contributed by atoms with E-state index in [4.69, 9.17) is 42.8 Å². The van der Waals surface area contributed by atoms with E-state index in [1.54, 1.807) is 25.3 Å². The summed E-state index contributed by atoms with van der Waals surface area (Å²) in [7, 11) is -4.84. The molecule has 3 aromatic rings. The summed E-state index contributed by atoms with van der Waals surface area (Å²) in [6.45, 7) is -0.509. The number of rotatable bonds is 6. The van der Waals surface area contributed by atoms with E-state index in [0.29, 0.717) is 22.5 Å². The fourth-order valence-corrected chi connectivity index (χ4v) is 9.34. The molecule has 0 spiro atoms. The normalized spacial score (nSPS) is 33.8. The van der Waals surface area contributed by atoms with Crippen LogP contribution in [-0.4, -0.2) is 89.8 Å². The summed E-state index contributed by atoms with van der Waals surface area (Å²) in [5.74, 6) is -1.06. The van der Waals surface area contributed by atoms with Crippen molar-refractivity contribution >= 4 is 49.1 Å². The number of nitrogens with one attached hydrogen (secondary N) is 1. The van der Waals surface area contributed by atoms with E-state index < -0.39 is 100 Å². The molecule has 9 atom stereocenters. The average molecular weight is 750 g/mol. The van der Waals surface area contributed by atoms with E-state index in [0.717, 1.165) is 10.6 Å². The third-order valence-corrected chi connectivity index (χ3v) is 12.0. The SMILES string of the molecule is CC(C)OC(=O)OCSP1(=O)OC[C@H]2O[C@@H](n3cnc4c(N)ncnc43)[C@H](C)[C@@H]2OP(=O)(O)OC[C@H]2O[C@@H](n3ccc(=O)[nH]c3=O)C[C@@H]2O1. The van der Waals surface area contributed by atoms with Crippen molar-refractivity contribution in [1.82, 2.24) is 29.1 Å². The van der Waals surface area contributed by atoms with Gasteiger partial charge in [-0.3, -0.25) is 37.0 Å². The maximum Gasteiger partial charge on any atom is 0.509 e. The van der Waals surface area contributed by atoms with Gasteiger partial charge in [0.15, 0.2) is 17.4 Å². The number of aromatic nitrogens is 6. The Kier molecular flexibility index (Phi) is 10.3. The zero-order valence-electron chi connectivity index (χ0n) is 26.1. The Morgan fingerprint density at radius 2 is 1.90 bits per heavy atom. The predicted octanol–water partition coefficient (Wildman–Crippen LogP) is 2.06. The lowest BCUT2D eigenvalue weighted by molar-refractivity contribution is -0.0612. The van der Waals surface area contributed by atoms with E-state index in [1.807, 2.05) is 0 Å². The molecule has 4 N–H and O–H groups in total. The molecule has 0 bridgehead atoms. The molecule has 0 amide bonds. The molecule has 21 nitrogen and oxygen atoms in total. The highest BCUT2D eigenvalue weighted by Gasteiger charge is 2.51. The first kappa shape index (κ1) is 35.6. The minimum Gasteiger partial charge on any atom is -0.432 e. The molecule has 6 heterocycles. The number of carbonyl (C=O) groups excluding carboxylic acids is 1. The van der Waals surface area contributed by atoms with Crippen molar-refractivity contribution in [2.24, 2.45) is 5.92 Å². The van der Waals surface area contributed by atoms with Crippen LogP contribution in [0.5, 0.6) is 0 Å². The number of aromatic amines is 1. The van der Waals surface area contributed by atoms with Gasteiger partial charge in [0.1, 0.15) is 48.7 Å². The molecular weight excluding hydrogens is 716 g/mol. The van der Waals surface area contributed by atoms with Crippen LogP contribution in [0.3, 0.4) is 0 Å². The van der Waals surface area contributed by atoms with Gasteiger partial charge in [0.05, 0.1) is 25.6 Å². The Bertz CT molecular complexity index is 1910. The van der Waals surface area contributed by atoms with E-state index >= 15 is 0 Å². The Hall–Kier alpha value is -3.17. The first-order valence-corrected chi connectivity index (χ1v) is 19.5. The number of imidazole rings is 1. The van der Waals surface area contributed by atoms with Gasteiger partial charge in [-0.25, -0.2) is 33.7 Å². The first-order chi connectivity index (χ1) is 23.2. The summed E-state index contributed by atoms with van der Waals surface area (Å²) in [6.07, 6.45) is -4.41. The van der Waals surface area contributed by atoms with E-state index in [1.165, 1.54) is 18.9 Å². The Balaban J connectivity index is 1.29. The van der Waals surface area contributed by atoms with Crippen LogP contribution in [0.25, 0.3) is 11.2 Å². The third-order valence-electron chi connectivity index (χ3n) is 7.69. The van der Waals surface area contributed by atoms with Crippen LogP contribution in [0.4, 0.5) is 10.6 Å². The van der Waals surface area contributed by atoms with Gasteiger partial charge < -0.3 is 29.6 Å². The topological polar surface area (TPSA) is 270 Å². The van der Waals surface area contributed by atoms with Gasteiger partial charge in [0.25, 0.3) is 5.56 Å². The van der Waals surface area contributed by atoms with Crippen molar-refractivity contribution in [2.45, 2.75) is 70.2 Å².